The molecule has 1 atom stereocenters. The van der Waals surface area contributed by atoms with Crippen LogP contribution in [0.3, 0.4) is 0 Å². The molecule has 4 heteroatoms. The van der Waals surface area contributed by atoms with Crippen molar-refractivity contribution < 1.29 is 9.53 Å². The molecule has 0 aromatic carbocycles. The van der Waals surface area contributed by atoms with Crippen LogP contribution in [0.4, 0.5) is 0 Å². The molecule has 2 aliphatic rings. The Kier molecular flexibility index (Phi) is 2.74. The third kappa shape index (κ3) is 1.77. The smallest absolute Gasteiger partial charge is 0.236 e. The average Bonchev–Trinajstić information content (AvgIpc) is 2.62. The molecule has 80 valence electrons. The summed E-state index contributed by atoms with van der Waals surface area (Å²) in [5.74, 6) is 0.0519. The van der Waals surface area contributed by atoms with Crippen LogP contribution in [0.25, 0.3) is 0 Å². The summed E-state index contributed by atoms with van der Waals surface area (Å²) in [6, 6.07) is 0. The minimum absolute atomic E-state index is 0.0247. The zero-order valence-electron chi connectivity index (χ0n) is 8.50. The molecule has 0 bridgehead atoms. The van der Waals surface area contributed by atoms with E-state index in [9.17, 15) is 4.79 Å². The lowest BCUT2D eigenvalue weighted by atomic mass is 9.93. The second-order valence-corrected chi connectivity index (χ2v) is 4.26. The predicted octanol–water partition coefficient (Wildman–Crippen LogP) is 0.117. The van der Waals surface area contributed by atoms with Crippen LogP contribution in [0, 0.1) is 0 Å². The number of amides is 1. The van der Waals surface area contributed by atoms with E-state index in [1.807, 2.05) is 4.90 Å². The van der Waals surface area contributed by atoms with Crippen molar-refractivity contribution in [2.24, 2.45) is 5.73 Å². The Labute approximate surface area is 84.4 Å². The molecule has 2 aliphatic heterocycles. The third-order valence-corrected chi connectivity index (χ3v) is 3.28. The van der Waals surface area contributed by atoms with Gasteiger partial charge in [0.2, 0.25) is 5.91 Å². The number of ether oxygens (including phenoxy) is 1. The van der Waals surface area contributed by atoms with Crippen LogP contribution >= 0.6 is 0 Å². The van der Waals surface area contributed by atoms with Gasteiger partial charge in [-0.2, -0.15) is 0 Å². The Bertz CT molecular complexity index is 224. The number of hydrogen-bond acceptors (Lipinski definition) is 3. The topological polar surface area (TPSA) is 55.6 Å². The molecule has 2 saturated heterocycles. The Morgan fingerprint density at radius 1 is 1.43 bits per heavy atom. The maximum Gasteiger partial charge on any atom is 0.236 e. The Balaban J connectivity index is 1.95. The second kappa shape index (κ2) is 3.87. The van der Waals surface area contributed by atoms with Crippen LogP contribution in [-0.2, 0) is 9.53 Å². The van der Waals surface area contributed by atoms with Gasteiger partial charge in [0.25, 0.3) is 0 Å². The molecular formula is C10H18N2O2. The first-order chi connectivity index (χ1) is 6.76. The summed E-state index contributed by atoms with van der Waals surface area (Å²) < 4.78 is 5.82. The molecular weight excluding hydrogens is 180 g/mol. The van der Waals surface area contributed by atoms with Crippen molar-refractivity contribution in [3.8, 4) is 0 Å². The first-order valence-electron chi connectivity index (χ1n) is 5.38. The van der Waals surface area contributed by atoms with Gasteiger partial charge in [0.05, 0.1) is 12.1 Å². The molecule has 4 nitrogen and oxygen atoms in total. The highest BCUT2D eigenvalue weighted by molar-refractivity contribution is 5.78. The van der Waals surface area contributed by atoms with Crippen molar-refractivity contribution in [3.63, 3.8) is 0 Å². The molecule has 1 spiro atoms. The van der Waals surface area contributed by atoms with Gasteiger partial charge in [-0.25, -0.2) is 0 Å². The first-order valence-corrected chi connectivity index (χ1v) is 5.38. The molecule has 2 rings (SSSR count). The lowest BCUT2D eigenvalue weighted by molar-refractivity contribution is -0.131. The molecule has 0 radical (unpaired) electrons. The number of carbonyl (C=O) groups is 1. The van der Waals surface area contributed by atoms with Gasteiger partial charge in [0.15, 0.2) is 0 Å². The zero-order chi connectivity index (χ0) is 10.0. The van der Waals surface area contributed by atoms with E-state index in [1.165, 1.54) is 6.42 Å². The normalized spacial score (nSPS) is 32.5. The average molecular weight is 198 g/mol. The summed E-state index contributed by atoms with van der Waals surface area (Å²) in [6.07, 6.45) is 4.47. The van der Waals surface area contributed by atoms with Crippen molar-refractivity contribution in [2.75, 3.05) is 26.2 Å². The van der Waals surface area contributed by atoms with E-state index in [-0.39, 0.29) is 18.1 Å². The number of likely N-dealkylation sites (tertiary alicyclic amines) is 1. The van der Waals surface area contributed by atoms with Crippen molar-refractivity contribution in [3.05, 3.63) is 0 Å². The van der Waals surface area contributed by atoms with Crippen LogP contribution in [0.5, 0.6) is 0 Å². The fourth-order valence-electron chi connectivity index (χ4n) is 2.42. The Hall–Kier alpha value is -0.610. The van der Waals surface area contributed by atoms with Gasteiger partial charge in [-0.15, -0.1) is 0 Å². The fourth-order valence-corrected chi connectivity index (χ4v) is 2.42. The first kappa shape index (κ1) is 9.93. The van der Waals surface area contributed by atoms with E-state index in [0.29, 0.717) is 0 Å². The highest BCUT2D eigenvalue weighted by atomic mass is 16.5. The van der Waals surface area contributed by atoms with Crippen LogP contribution in [0.2, 0.25) is 0 Å². The van der Waals surface area contributed by atoms with E-state index in [2.05, 4.69) is 0 Å². The summed E-state index contributed by atoms with van der Waals surface area (Å²) in [5.41, 5.74) is 5.31. The number of hydrogen-bond donors (Lipinski definition) is 1. The maximum absolute atomic E-state index is 11.4. The second-order valence-electron chi connectivity index (χ2n) is 4.26. The standard InChI is InChI=1S/C10H18N2O2/c11-7-9(13)12-5-4-10(8-12)3-1-2-6-14-10/h1-8,11H2. The number of carbonyl (C=O) groups excluding carboxylic acids is 1. The number of rotatable bonds is 1. The van der Waals surface area contributed by atoms with Crippen LogP contribution in [0.1, 0.15) is 25.7 Å². The summed E-state index contributed by atoms with van der Waals surface area (Å²) in [6.45, 7) is 2.54. The highest BCUT2D eigenvalue weighted by Crippen LogP contribution is 2.33. The summed E-state index contributed by atoms with van der Waals surface area (Å²) >= 11 is 0. The van der Waals surface area contributed by atoms with Crippen LogP contribution in [-0.4, -0.2) is 42.6 Å². The van der Waals surface area contributed by atoms with Gasteiger partial charge in [-0.05, 0) is 25.7 Å². The largest absolute Gasteiger partial charge is 0.373 e. The molecule has 0 aromatic rings. The third-order valence-electron chi connectivity index (χ3n) is 3.28. The van der Waals surface area contributed by atoms with Gasteiger partial charge in [0, 0.05) is 19.7 Å². The zero-order valence-corrected chi connectivity index (χ0v) is 8.50. The quantitative estimate of drug-likeness (QED) is 0.651. The molecule has 2 heterocycles. The van der Waals surface area contributed by atoms with Gasteiger partial charge in [-0.1, -0.05) is 0 Å². The minimum atomic E-state index is -0.0247. The maximum atomic E-state index is 11.4. The van der Waals surface area contributed by atoms with E-state index >= 15 is 0 Å². The van der Waals surface area contributed by atoms with Crippen molar-refractivity contribution >= 4 is 5.91 Å². The molecule has 1 unspecified atom stereocenters. The van der Waals surface area contributed by atoms with Gasteiger partial charge in [0.1, 0.15) is 0 Å². The van der Waals surface area contributed by atoms with Gasteiger partial charge in [-0.3, -0.25) is 4.79 Å². The van der Waals surface area contributed by atoms with E-state index in [1.54, 1.807) is 0 Å². The fraction of sp³-hybridized carbons (Fsp3) is 0.900. The van der Waals surface area contributed by atoms with Crippen molar-refractivity contribution in [2.45, 2.75) is 31.3 Å². The Morgan fingerprint density at radius 2 is 2.29 bits per heavy atom. The summed E-state index contributed by atoms with van der Waals surface area (Å²) in [7, 11) is 0. The van der Waals surface area contributed by atoms with Crippen molar-refractivity contribution in [1.29, 1.82) is 0 Å². The predicted molar refractivity (Wildman–Crippen MR) is 52.8 cm³/mol. The SMILES string of the molecule is NCC(=O)N1CCC2(CCCCO2)C1. The molecule has 2 N–H and O–H groups in total. The molecule has 0 aliphatic carbocycles. The van der Waals surface area contributed by atoms with E-state index in [4.69, 9.17) is 10.5 Å². The minimum Gasteiger partial charge on any atom is -0.373 e. The molecule has 14 heavy (non-hydrogen) atoms. The molecule has 2 fully saturated rings. The molecule has 1 amide bonds. The van der Waals surface area contributed by atoms with Gasteiger partial charge >= 0.3 is 0 Å². The highest BCUT2D eigenvalue weighted by Gasteiger charge is 2.41. The molecule has 0 saturated carbocycles. The van der Waals surface area contributed by atoms with Gasteiger partial charge < -0.3 is 15.4 Å². The number of nitrogens with zero attached hydrogens (tertiary/aromatic N) is 1. The van der Waals surface area contributed by atoms with E-state index < -0.39 is 0 Å². The van der Waals surface area contributed by atoms with E-state index in [0.717, 1.165) is 39.0 Å². The van der Waals surface area contributed by atoms with Crippen LogP contribution in [0.15, 0.2) is 0 Å². The monoisotopic (exact) mass is 198 g/mol. The summed E-state index contributed by atoms with van der Waals surface area (Å²) in [4.78, 5) is 13.2. The number of nitrogens with two attached hydrogens (primary N) is 1. The van der Waals surface area contributed by atoms with Crippen LogP contribution < -0.4 is 5.73 Å². The summed E-state index contributed by atoms with van der Waals surface area (Å²) in [5, 5.41) is 0. The lowest BCUT2D eigenvalue weighted by Crippen LogP contribution is -2.42. The molecule has 0 aromatic heterocycles. The lowest BCUT2D eigenvalue weighted by Gasteiger charge is -2.33. The van der Waals surface area contributed by atoms with Crippen molar-refractivity contribution in [1.82, 2.24) is 4.90 Å². The Morgan fingerprint density at radius 3 is 2.93 bits per heavy atom.